The molecular weight excluding hydrogens is 488 g/mol. The summed E-state index contributed by atoms with van der Waals surface area (Å²) in [5, 5.41) is 8.69. The van der Waals surface area contributed by atoms with Crippen LogP contribution in [0.4, 0.5) is 0 Å². The third-order valence-electron chi connectivity index (χ3n) is 9.30. The third-order valence-corrected chi connectivity index (χ3v) is 9.30. The minimum Gasteiger partial charge on any atom is -0.289 e. The van der Waals surface area contributed by atoms with Crippen molar-refractivity contribution in [1.82, 2.24) is 0 Å². The Morgan fingerprint density at radius 1 is 0.425 bits per heavy atom. The van der Waals surface area contributed by atoms with Crippen molar-refractivity contribution in [1.29, 1.82) is 0 Å². The molecule has 2 heteroatoms. The lowest BCUT2D eigenvalue weighted by atomic mass is 9.77. The van der Waals surface area contributed by atoms with Crippen LogP contribution in [0, 0.1) is 0 Å². The molecule has 0 saturated heterocycles. The molecule has 6 aromatic carbocycles. The normalized spacial score (nSPS) is 15.5. The highest BCUT2D eigenvalue weighted by Gasteiger charge is 2.32. The molecule has 0 N–H and O–H groups in total. The van der Waals surface area contributed by atoms with Crippen LogP contribution in [0.1, 0.15) is 66.9 Å². The van der Waals surface area contributed by atoms with E-state index < -0.39 is 0 Å². The lowest BCUT2D eigenvalue weighted by molar-refractivity contribution is 0.0979. The smallest absolute Gasteiger partial charge is 0.194 e. The molecule has 0 amide bonds. The van der Waals surface area contributed by atoms with E-state index in [1.54, 1.807) is 0 Å². The second-order valence-electron chi connectivity index (χ2n) is 11.3. The molecule has 3 aliphatic carbocycles. The summed E-state index contributed by atoms with van der Waals surface area (Å²) in [6.45, 7) is 0. The molecule has 0 saturated carbocycles. The maximum Gasteiger partial charge on any atom is 0.194 e. The van der Waals surface area contributed by atoms with Crippen molar-refractivity contribution in [2.75, 3.05) is 0 Å². The highest BCUT2D eigenvalue weighted by atomic mass is 16.1. The van der Waals surface area contributed by atoms with Crippen LogP contribution in [-0.4, -0.2) is 11.6 Å². The number of benzene rings is 6. The Labute approximate surface area is 231 Å². The van der Waals surface area contributed by atoms with Gasteiger partial charge < -0.3 is 0 Å². The molecule has 9 rings (SSSR count). The maximum absolute atomic E-state index is 14.2. The predicted molar refractivity (Wildman–Crippen MR) is 164 cm³/mol. The van der Waals surface area contributed by atoms with Gasteiger partial charge in [0.25, 0.3) is 0 Å². The van der Waals surface area contributed by atoms with E-state index in [2.05, 4.69) is 60.7 Å². The predicted octanol–water partition coefficient (Wildman–Crippen LogP) is 8.99. The van der Waals surface area contributed by atoms with E-state index in [-0.39, 0.29) is 11.6 Å². The zero-order chi connectivity index (χ0) is 26.5. The van der Waals surface area contributed by atoms with Gasteiger partial charge in [0.15, 0.2) is 11.6 Å². The van der Waals surface area contributed by atoms with Gasteiger partial charge in [0.1, 0.15) is 0 Å². The summed E-state index contributed by atoms with van der Waals surface area (Å²) in [6, 6.07) is 24.6. The molecule has 0 fully saturated rings. The number of ketones is 2. The summed E-state index contributed by atoms with van der Waals surface area (Å²) in [5.41, 5.74) is 7.33. The number of fused-ring (bicyclic) bond motifs is 14. The molecule has 0 aromatic heterocycles. The number of hydrogen-bond donors (Lipinski definition) is 0. The Hall–Kier alpha value is -4.82. The average Bonchev–Trinajstić information content (AvgIpc) is 3.02. The molecule has 188 valence electrons. The van der Waals surface area contributed by atoms with Gasteiger partial charge in [0.05, 0.1) is 0 Å². The summed E-state index contributed by atoms with van der Waals surface area (Å²) in [5.74, 6) is -0.125. The van der Waals surface area contributed by atoms with Crippen molar-refractivity contribution in [3.05, 3.63) is 129 Å². The third kappa shape index (κ3) is 2.78. The average molecular weight is 513 g/mol. The van der Waals surface area contributed by atoms with Gasteiger partial charge in [0.2, 0.25) is 0 Å². The topological polar surface area (TPSA) is 34.1 Å². The number of rotatable bonds is 0. The van der Waals surface area contributed by atoms with E-state index in [9.17, 15) is 9.59 Å². The standard InChI is InChI=1S/C38H24O2/c39-37-33-17-29-25-13-5-1-9-21(25)22-10-2-6-14-26(22)30(29)18-34(33)38(40)36-20-32-28-16-8-4-12-24(28)23-11-3-7-15-27(23)31(32)19-35(36)37/h1-2,5-10,13-20H,3-4,11-12H2. The fourth-order valence-corrected chi connectivity index (χ4v) is 7.50. The molecule has 6 aromatic rings. The fourth-order valence-electron chi connectivity index (χ4n) is 7.50. The van der Waals surface area contributed by atoms with Crippen molar-refractivity contribution in [2.24, 2.45) is 0 Å². The maximum atomic E-state index is 14.2. The van der Waals surface area contributed by atoms with Crippen LogP contribution in [-0.2, 0) is 12.8 Å². The number of carbonyl (C=O) groups excluding carboxylic acids is 2. The first-order valence-electron chi connectivity index (χ1n) is 14.1. The van der Waals surface area contributed by atoms with E-state index in [1.165, 1.54) is 22.3 Å². The van der Waals surface area contributed by atoms with E-state index in [1.807, 2.05) is 36.4 Å². The van der Waals surface area contributed by atoms with Crippen molar-refractivity contribution < 1.29 is 9.59 Å². The van der Waals surface area contributed by atoms with Crippen molar-refractivity contribution in [2.45, 2.75) is 25.7 Å². The zero-order valence-corrected chi connectivity index (χ0v) is 21.9. The molecular formula is C38H24O2. The second-order valence-corrected chi connectivity index (χ2v) is 11.3. The Kier molecular flexibility index (Phi) is 4.33. The van der Waals surface area contributed by atoms with Gasteiger partial charge in [-0.3, -0.25) is 9.59 Å². The van der Waals surface area contributed by atoms with Gasteiger partial charge in [-0.15, -0.1) is 0 Å². The van der Waals surface area contributed by atoms with E-state index in [4.69, 9.17) is 0 Å². The summed E-state index contributed by atoms with van der Waals surface area (Å²) >= 11 is 0. The van der Waals surface area contributed by atoms with E-state index in [0.717, 1.165) is 68.8 Å². The van der Waals surface area contributed by atoms with Crippen LogP contribution in [0.25, 0.3) is 55.2 Å². The quantitative estimate of drug-likeness (QED) is 0.190. The molecule has 2 nitrogen and oxygen atoms in total. The highest BCUT2D eigenvalue weighted by Crippen LogP contribution is 2.43. The van der Waals surface area contributed by atoms with Crippen molar-refractivity contribution >= 4 is 66.8 Å². The molecule has 0 atom stereocenters. The number of hydrogen-bond acceptors (Lipinski definition) is 2. The fraction of sp³-hybridized carbons (Fsp3) is 0.105. The van der Waals surface area contributed by atoms with Crippen LogP contribution in [0.15, 0.2) is 84.9 Å². The second kappa shape index (κ2) is 7.86. The first kappa shape index (κ1) is 22.0. The van der Waals surface area contributed by atoms with Crippen LogP contribution in [0.5, 0.6) is 0 Å². The zero-order valence-electron chi connectivity index (χ0n) is 21.9. The minimum absolute atomic E-state index is 0.0626. The summed E-state index contributed by atoms with van der Waals surface area (Å²) < 4.78 is 0. The van der Waals surface area contributed by atoms with Crippen molar-refractivity contribution in [3.8, 4) is 0 Å². The monoisotopic (exact) mass is 512 g/mol. The number of allylic oxidation sites excluding steroid dienone is 2. The first-order chi connectivity index (χ1) is 19.7. The lowest BCUT2D eigenvalue weighted by Crippen LogP contribution is -2.21. The summed E-state index contributed by atoms with van der Waals surface area (Å²) in [4.78, 5) is 28.4. The van der Waals surface area contributed by atoms with E-state index in [0.29, 0.717) is 22.3 Å². The van der Waals surface area contributed by atoms with Gasteiger partial charge in [-0.05, 0) is 115 Å². The van der Waals surface area contributed by atoms with Gasteiger partial charge in [0, 0.05) is 22.3 Å². The molecule has 0 spiro atoms. The summed E-state index contributed by atoms with van der Waals surface area (Å²) in [6.07, 6.45) is 13.0. The Bertz CT molecular complexity index is 2080. The minimum atomic E-state index is -0.0626. The highest BCUT2D eigenvalue weighted by molar-refractivity contribution is 6.34. The van der Waals surface area contributed by atoms with Gasteiger partial charge in [-0.25, -0.2) is 0 Å². The molecule has 0 radical (unpaired) electrons. The van der Waals surface area contributed by atoms with Gasteiger partial charge >= 0.3 is 0 Å². The molecule has 3 aliphatic rings. The molecule has 0 aliphatic heterocycles. The van der Waals surface area contributed by atoms with Crippen molar-refractivity contribution in [3.63, 3.8) is 0 Å². The Morgan fingerprint density at radius 2 is 0.775 bits per heavy atom. The number of carbonyl (C=O) groups is 2. The lowest BCUT2D eigenvalue weighted by Gasteiger charge is -2.26. The van der Waals surface area contributed by atoms with Crippen LogP contribution < -0.4 is 0 Å². The van der Waals surface area contributed by atoms with Gasteiger partial charge in [-0.2, -0.15) is 0 Å². The molecule has 40 heavy (non-hydrogen) atoms. The molecule has 0 unspecified atom stereocenters. The van der Waals surface area contributed by atoms with Crippen LogP contribution >= 0.6 is 0 Å². The molecule has 0 bridgehead atoms. The van der Waals surface area contributed by atoms with E-state index >= 15 is 0 Å². The van der Waals surface area contributed by atoms with Crippen LogP contribution in [0.2, 0.25) is 0 Å². The van der Waals surface area contributed by atoms with Crippen LogP contribution in [0.3, 0.4) is 0 Å². The van der Waals surface area contributed by atoms with Gasteiger partial charge in [-0.1, -0.05) is 72.8 Å². The Morgan fingerprint density at radius 3 is 1.18 bits per heavy atom. The Balaban J connectivity index is 1.37. The summed E-state index contributed by atoms with van der Waals surface area (Å²) in [7, 11) is 0. The first-order valence-corrected chi connectivity index (χ1v) is 14.1. The largest absolute Gasteiger partial charge is 0.289 e. The SMILES string of the molecule is O=C1c2cc3c4c(c5c(c3cc2C(=O)c2cc3c6ccccc6c6ccccc6c3cc21)C=CCC5)CCC=C4. The molecule has 0 heterocycles.